The van der Waals surface area contributed by atoms with Crippen molar-refractivity contribution in [3.05, 3.63) is 35.4 Å². The summed E-state index contributed by atoms with van der Waals surface area (Å²) in [6.45, 7) is 9.54. The molecule has 134 valence electrons. The molecule has 2 rings (SSSR count). The lowest BCUT2D eigenvalue weighted by Gasteiger charge is -2.21. The molecule has 2 atom stereocenters. The van der Waals surface area contributed by atoms with Crippen molar-refractivity contribution in [2.45, 2.75) is 39.7 Å². The Morgan fingerprint density at radius 3 is 2.58 bits per heavy atom. The van der Waals surface area contributed by atoms with Crippen molar-refractivity contribution in [2.24, 2.45) is 11.8 Å². The van der Waals surface area contributed by atoms with E-state index in [4.69, 9.17) is 4.74 Å². The summed E-state index contributed by atoms with van der Waals surface area (Å²) in [4.78, 5) is 14.3. The van der Waals surface area contributed by atoms with Gasteiger partial charge in [-0.2, -0.15) is 0 Å². The number of amides is 1. The first-order chi connectivity index (χ1) is 11.4. The fourth-order valence-corrected chi connectivity index (χ4v) is 3.26. The third kappa shape index (κ3) is 6.25. The molecule has 1 amide bonds. The molecule has 1 saturated heterocycles. The number of ether oxygens (including phenoxy) is 1. The number of likely N-dealkylation sites (N-methyl/N-ethyl adjacent to an activating group) is 1. The minimum absolute atomic E-state index is 0.0359. The van der Waals surface area contributed by atoms with E-state index in [-0.39, 0.29) is 11.9 Å². The second-order valence-electron chi connectivity index (χ2n) is 7.56. The van der Waals surface area contributed by atoms with Gasteiger partial charge in [0.1, 0.15) is 0 Å². The van der Waals surface area contributed by atoms with Gasteiger partial charge in [0.25, 0.3) is 0 Å². The number of hydrogen-bond donors (Lipinski definition) is 1. The zero-order chi connectivity index (χ0) is 17.5. The van der Waals surface area contributed by atoms with Crippen molar-refractivity contribution in [1.29, 1.82) is 0 Å². The number of nitrogens with one attached hydrogen (secondary N) is 1. The van der Waals surface area contributed by atoms with Gasteiger partial charge in [-0.05, 0) is 49.8 Å². The summed E-state index contributed by atoms with van der Waals surface area (Å²) in [5, 5.41) is 3.10. The molecule has 1 N–H and O–H groups in total. The number of carbonyl (C=O) groups excluding carboxylic acids is 1. The lowest BCUT2D eigenvalue weighted by Crippen LogP contribution is -2.38. The average molecular weight is 332 g/mol. The van der Waals surface area contributed by atoms with Gasteiger partial charge in [0.05, 0.1) is 19.2 Å². The maximum atomic E-state index is 12.2. The lowest BCUT2D eigenvalue weighted by atomic mass is 10.00. The monoisotopic (exact) mass is 332 g/mol. The minimum atomic E-state index is 0.0359. The highest BCUT2D eigenvalue weighted by Gasteiger charge is 2.19. The number of carbonyl (C=O) groups is 1. The molecule has 0 bridgehead atoms. The van der Waals surface area contributed by atoms with E-state index in [0.29, 0.717) is 18.4 Å². The fraction of sp³-hybridized carbons (Fsp3) is 0.650. The summed E-state index contributed by atoms with van der Waals surface area (Å²) < 4.78 is 5.39. The molecule has 1 fully saturated rings. The normalized spacial score (nSPS) is 19.0. The molecule has 0 radical (unpaired) electrons. The average Bonchev–Trinajstić information content (AvgIpc) is 2.99. The highest BCUT2D eigenvalue weighted by Crippen LogP contribution is 2.16. The predicted molar refractivity (Wildman–Crippen MR) is 98.0 cm³/mol. The van der Waals surface area contributed by atoms with E-state index in [9.17, 15) is 4.79 Å². The molecule has 0 aliphatic carbocycles. The second-order valence-corrected chi connectivity index (χ2v) is 7.56. The molecule has 1 aromatic rings. The Morgan fingerprint density at radius 1 is 1.29 bits per heavy atom. The quantitative estimate of drug-likeness (QED) is 0.795. The van der Waals surface area contributed by atoms with Gasteiger partial charge < -0.3 is 10.1 Å². The lowest BCUT2D eigenvalue weighted by molar-refractivity contribution is -0.122. The molecule has 24 heavy (non-hydrogen) atoms. The predicted octanol–water partition coefficient (Wildman–Crippen LogP) is 3.03. The van der Waals surface area contributed by atoms with Crippen LogP contribution < -0.4 is 5.32 Å². The van der Waals surface area contributed by atoms with Gasteiger partial charge >= 0.3 is 0 Å². The molecule has 1 aliphatic rings. The SMILES string of the molecule is CC(C)Cc1ccc([C@@H](C)NC(=O)CN(C)C[C@H]2CCOC2)cc1. The zero-order valence-electron chi connectivity index (χ0n) is 15.5. The molecule has 4 heteroatoms. The van der Waals surface area contributed by atoms with E-state index in [0.717, 1.165) is 38.2 Å². The summed E-state index contributed by atoms with van der Waals surface area (Å²) >= 11 is 0. The van der Waals surface area contributed by atoms with E-state index in [2.05, 4.69) is 48.3 Å². The third-order valence-corrected chi connectivity index (χ3v) is 4.51. The number of hydrogen-bond acceptors (Lipinski definition) is 3. The van der Waals surface area contributed by atoms with E-state index < -0.39 is 0 Å². The van der Waals surface area contributed by atoms with Crippen molar-refractivity contribution in [2.75, 3.05) is 33.4 Å². The van der Waals surface area contributed by atoms with Crippen LogP contribution in [0.3, 0.4) is 0 Å². The van der Waals surface area contributed by atoms with Gasteiger partial charge in [-0.1, -0.05) is 38.1 Å². The first-order valence-electron chi connectivity index (χ1n) is 9.08. The Kier molecular flexibility index (Phi) is 7.25. The summed E-state index contributed by atoms with van der Waals surface area (Å²) in [5.74, 6) is 1.30. The Balaban J connectivity index is 1.77. The highest BCUT2D eigenvalue weighted by atomic mass is 16.5. The van der Waals surface area contributed by atoms with Crippen LogP contribution in [0.1, 0.15) is 44.4 Å². The molecule has 1 aromatic carbocycles. The van der Waals surface area contributed by atoms with Gasteiger partial charge in [-0.25, -0.2) is 0 Å². The van der Waals surface area contributed by atoms with Crippen LogP contribution in [0.4, 0.5) is 0 Å². The third-order valence-electron chi connectivity index (χ3n) is 4.51. The maximum Gasteiger partial charge on any atom is 0.234 e. The smallest absolute Gasteiger partial charge is 0.234 e. The van der Waals surface area contributed by atoms with Crippen LogP contribution in [0.2, 0.25) is 0 Å². The molecule has 1 heterocycles. The largest absolute Gasteiger partial charge is 0.381 e. The molecule has 1 aliphatic heterocycles. The second kappa shape index (κ2) is 9.19. The van der Waals surface area contributed by atoms with Gasteiger partial charge in [-0.3, -0.25) is 9.69 Å². The molecule has 0 unspecified atom stereocenters. The summed E-state index contributed by atoms with van der Waals surface area (Å²) in [7, 11) is 2.00. The first-order valence-corrected chi connectivity index (χ1v) is 9.08. The standard InChI is InChI=1S/C20H32N2O2/c1-15(2)11-17-5-7-19(8-6-17)16(3)21-20(23)13-22(4)12-18-9-10-24-14-18/h5-8,15-16,18H,9-14H2,1-4H3,(H,21,23)/t16-,18-/m1/s1. The minimum Gasteiger partial charge on any atom is -0.381 e. The van der Waals surface area contributed by atoms with Crippen LogP contribution in [-0.4, -0.2) is 44.2 Å². The van der Waals surface area contributed by atoms with Crippen LogP contribution >= 0.6 is 0 Å². The van der Waals surface area contributed by atoms with Crippen molar-refractivity contribution in [3.63, 3.8) is 0 Å². The topological polar surface area (TPSA) is 41.6 Å². The molecule has 0 aromatic heterocycles. The van der Waals surface area contributed by atoms with E-state index in [1.807, 2.05) is 14.0 Å². The van der Waals surface area contributed by atoms with Crippen molar-refractivity contribution >= 4 is 5.91 Å². The van der Waals surface area contributed by atoms with E-state index in [1.54, 1.807) is 0 Å². The van der Waals surface area contributed by atoms with Crippen LogP contribution in [0.15, 0.2) is 24.3 Å². The van der Waals surface area contributed by atoms with Crippen molar-refractivity contribution in [3.8, 4) is 0 Å². The summed E-state index contributed by atoms with van der Waals surface area (Å²) in [6, 6.07) is 8.63. The van der Waals surface area contributed by atoms with E-state index >= 15 is 0 Å². The van der Waals surface area contributed by atoms with Crippen LogP contribution in [-0.2, 0) is 16.0 Å². The van der Waals surface area contributed by atoms with Gasteiger partial charge in [0.2, 0.25) is 5.91 Å². The maximum absolute atomic E-state index is 12.2. The molecule has 0 spiro atoms. The van der Waals surface area contributed by atoms with Crippen LogP contribution in [0.5, 0.6) is 0 Å². The molecular formula is C20H32N2O2. The Labute approximate surface area is 146 Å². The van der Waals surface area contributed by atoms with Gasteiger partial charge in [0, 0.05) is 13.2 Å². The Morgan fingerprint density at radius 2 is 2.00 bits per heavy atom. The first kappa shape index (κ1) is 18.9. The Hall–Kier alpha value is -1.39. The summed E-state index contributed by atoms with van der Waals surface area (Å²) in [5.41, 5.74) is 2.51. The number of benzene rings is 1. The van der Waals surface area contributed by atoms with E-state index in [1.165, 1.54) is 5.56 Å². The highest BCUT2D eigenvalue weighted by molar-refractivity contribution is 5.78. The molecule has 4 nitrogen and oxygen atoms in total. The van der Waals surface area contributed by atoms with Gasteiger partial charge in [-0.15, -0.1) is 0 Å². The number of rotatable bonds is 8. The zero-order valence-corrected chi connectivity index (χ0v) is 15.5. The Bertz CT molecular complexity index is 507. The molecule has 0 saturated carbocycles. The van der Waals surface area contributed by atoms with Gasteiger partial charge in [0.15, 0.2) is 0 Å². The van der Waals surface area contributed by atoms with Crippen LogP contribution in [0, 0.1) is 11.8 Å². The fourth-order valence-electron chi connectivity index (χ4n) is 3.26. The van der Waals surface area contributed by atoms with Crippen LogP contribution in [0.25, 0.3) is 0 Å². The van der Waals surface area contributed by atoms with Crippen molar-refractivity contribution in [1.82, 2.24) is 10.2 Å². The van der Waals surface area contributed by atoms with Crippen molar-refractivity contribution < 1.29 is 9.53 Å². The summed E-state index contributed by atoms with van der Waals surface area (Å²) in [6.07, 6.45) is 2.20. The molecular weight excluding hydrogens is 300 g/mol. The number of nitrogens with zero attached hydrogens (tertiary/aromatic N) is 1.